The highest BCUT2D eigenvalue weighted by molar-refractivity contribution is 5.59. The Morgan fingerprint density at radius 1 is 1.22 bits per heavy atom. The molecule has 0 saturated carbocycles. The highest BCUT2D eigenvalue weighted by atomic mass is 15.3. The van der Waals surface area contributed by atoms with Crippen molar-refractivity contribution < 1.29 is 0 Å². The van der Waals surface area contributed by atoms with Crippen molar-refractivity contribution in [2.75, 3.05) is 26.4 Å². The summed E-state index contributed by atoms with van der Waals surface area (Å²) in [4.78, 5) is 14.1. The maximum absolute atomic E-state index is 6.27. The van der Waals surface area contributed by atoms with E-state index in [2.05, 4.69) is 35.8 Å². The molecule has 0 fully saturated rings. The van der Waals surface area contributed by atoms with Gasteiger partial charge in [-0.3, -0.25) is 9.80 Å². The van der Waals surface area contributed by atoms with Crippen LogP contribution in [0.4, 0.5) is 5.82 Å². The standard InChI is InChI=1S/C18H25N5/c1-4-16(22(2)3)23-11-10-15-14(12-23)17(19)21-18(20-15)13-8-6-5-7-9-13/h5-9,16H,4,10-12H2,1-3H3,(H2,19,20,21). The summed E-state index contributed by atoms with van der Waals surface area (Å²) in [6.45, 7) is 4.06. The summed E-state index contributed by atoms with van der Waals surface area (Å²) < 4.78 is 0. The molecule has 5 heteroatoms. The van der Waals surface area contributed by atoms with Crippen molar-refractivity contribution in [1.82, 2.24) is 19.8 Å². The summed E-state index contributed by atoms with van der Waals surface area (Å²) in [6, 6.07) is 10.0. The molecule has 5 nitrogen and oxygen atoms in total. The lowest BCUT2D eigenvalue weighted by Crippen LogP contribution is -2.47. The van der Waals surface area contributed by atoms with Gasteiger partial charge in [0.2, 0.25) is 0 Å². The van der Waals surface area contributed by atoms with Crippen LogP contribution in [0.2, 0.25) is 0 Å². The van der Waals surface area contributed by atoms with Gasteiger partial charge in [0.05, 0.1) is 11.9 Å². The third-order valence-electron chi connectivity index (χ3n) is 4.54. The molecule has 1 aromatic heterocycles. The van der Waals surface area contributed by atoms with Gasteiger partial charge in [0, 0.05) is 30.6 Å². The van der Waals surface area contributed by atoms with Crippen LogP contribution >= 0.6 is 0 Å². The van der Waals surface area contributed by atoms with E-state index in [4.69, 9.17) is 10.7 Å². The third kappa shape index (κ3) is 3.21. The Hall–Kier alpha value is -1.98. The molecule has 2 heterocycles. The fourth-order valence-corrected chi connectivity index (χ4v) is 3.38. The summed E-state index contributed by atoms with van der Waals surface area (Å²) >= 11 is 0. The van der Waals surface area contributed by atoms with Crippen molar-refractivity contribution in [1.29, 1.82) is 0 Å². The number of anilines is 1. The summed E-state index contributed by atoms with van der Waals surface area (Å²) in [7, 11) is 4.25. The highest BCUT2D eigenvalue weighted by Crippen LogP contribution is 2.27. The predicted octanol–water partition coefficient (Wildman–Crippen LogP) is 2.38. The molecule has 0 aliphatic carbocycles. The molecule has 0 saturated heterocycles. The Bertz CT molecular complexity index is 669. The fourth-order valence-electron chi connectivity index (χ4n) is 3.38. The van der Waals surface area contributed by atoms with Gasteiger partial charge in [-0.05, 0) is 20.5 Å². The van der Waals surface area contributed by atoms with E-state index >= 15 is 0 Å². The predicted molar refractivity (Wildman–Crippen MR) is 93.8 cm³/mol. The third-order valence-corrected chi connectivity index (χ3v) is 4.54. The summed E-state index contributed by atoms with van der Waals surface area (Å²) in [5.74, 6) is 1.35. The summed E-state index contributed by atoms with van der Waals surface area (Å²) in [5.41, 5.74) is 9.48. The topological polar surface area (TPSA) is 58.3 Å². The van der Waals surface area contributed by atoms with Crippen molar-refractivity contribution in [3.8, 4) is 11.4 Å². The van der Waals surface area contributed by atoms with Crippen LogP contribution in [0.15, 0.2) is 30.3 Å². The van der Waals surface area contributed by atoms with Crippen LogP contribution in [0.3, 0.4) is 0 Å². The molecule has 1 aromatic carbocycles. The minimum absolute atomic E-state index is 0.427. The zero-order valence-corrected chi connectivity index (χ0v) is 14.2. The SMILES string of the molecule is CCC(N(C)C)N1CCc2nc(-c3ccccc3)nc(N)c2C1. The van der Waals surface area contributed by atoms with Gasteiger partial charge in [-0.25, -0.2) is 9.97 Å². The van der Waals surface area contributed by atoms with Gasteiger partial charge in [0.15, 0.2) is 5.82 Å². The van der Waals surface area contributed by atoms with Crippen LogP contribution in [-0.4, -0.2) is 46.6 Å². The number of aromatic nitrogens is 2. The lowest BCUT2D eigenvalue weighted by molar-refractivity contribution is 0.0635. The first-order valence-corrected chi connectivity index (χ1v) is 8.21. The fraction of sp³-hybridized carbons (Fsp3) is 0.444. The van der Waals surface area contributed by atoms with Crippen molar-refractivity contribution >= 4 is 5.82 Å². The molecule has 1 aliphatic heterocycles. The van der Waals surface area contributed by atoms with Crippen molar-refractivity contribution in [2.24, 2.45) is 0 Å². The van der Waals surface area contributed by atoms with Gasteiger partial charge < -0.3 is 5.73 Å². The lowest BCUT2D eigenvalue weighted by atomic mass is 10.0. The van der Waals surface area contributed by atoms with E-state index in [1.165, 1.54) is 0 Å². The van der Waals surface area contributed by atoms with Gasteiger partial charge in [0.25, 0.3) is 0 Å². The quantitative estimate of drug-likeness (QED) is 0.939. The second kappa shape index (κ2) is 6.64. The van der Waals surface area contributed by atoms with Crippen molar-refractivity contribution in [3.05, 3.63) is 41.6 Å². The first kappa shape index (κ1) is 15.9. The second-order valence-electron chi connectivity index (χ2n) is 6.30. The molecule has 0 radical (unpaired) electrons. The molecule has 2 aromatic rings. The monoisotopic (exact) mass is 311 g/mol. The molecule has 3 rings (SSSR count). The Morgan fingerprint density at radius 2 is 1.96 bits per heavy atom. The average Bonchev–Trinajstić information content (AvgIpc) is 2.56. The number of nitrogens with two attached hydrogens (primary N) is 1. The van der Waals surface area contributed by atoms with Crippen LogP contribution in [0, 0.1) is 0 Å². The van der Waals surface area contributed by atoms with Crippen molar-refractivity contribution in [3.63, 3.8) is 0 Å². The lowest BCUT2D eigenvalue weighted by Gasteiger charge is -2.38. The van der Waals surface area contributed by atoms with Crippen molar-refractivity contribution in [2.45, 2.75) is 32.5 Å². The normalized spacial score (nSPS) is 16.3. The maximum atomic E-state index is 6.27. The van der Waals surface area contributed by atoms with Gasteiger partial charge in [-0.1, -0.05) is 37.3 Å². The minimum atomic E-state index is 0.427. The number of nitrogens with zero attached hydrogens (tertiary/aromatic N) is 4. The zero-order valence-electron chi connectivity index (χ0n) is 14.2. The Labute approximate surface area is 138 Å². The number of fused-ring (bicyclic) bond motifs is 1. The Kier molecular flexibility index (Phi) is 4.59. The number of benzene rings is 1. The molecule has 2 N–H and O–H groups in total. The van der Waals surface area contributed by atoms with E-state index in [9.17, 15) is 0 Å². The van der Waals surface area contributed by atoms with Gasteiger partial charge in [-0.15, -0.1) is 0 Å². The van der Waals surface area contributed by atoms with E-state index in [0.29, 0.717) is 12.0 Å². The largest absolute Gasteiger partial charge is 0.383 e. The second-order valence-corrected chi connectivity index (χ2v) is 6.30. The molecule has 1 aliphatic rings. The molecule has 23 heavy (non-hydrogen) atoms. The van der Waals surface area contributed by atoms with Crippen LogP contribution in [0.25, 0.3) is 11.4 Å². The number of hydrogen-bond acceptors (Lipinski definition) is 5. The average molecular weight is 311 g/mol. The zero-order chi connectivity index (χ0) is 16.4. The molecule has 0 spiro atoms. The molecule has 0 amide bonds. The summed E-state index contributed by atoms with van der Waals surface area (Å²) in [5, 5.41) is 0. The number of hydrogen-bond donors (Lipinski definition) is 1. The number of nitrogen functional groups attached to an aromatic ring is 1. The first-order valence-electron chi connectivity index (χ1n) is 8.21. The van der Waals surface area contributed by atoms with E-state index in [0.717, 1.165) is 48.6 Å². The maximum Gasteiger partial charge on any atom is 0.161 e. The van der Waals surface area contributed by atoms with E-state index in [1.807, 2.05) is 30.3 Å². The van der Waals surface area contributed by atoms with Gasteiger partial charge in [-0.2, -0.15) is 0 Å². The number of rotatable bonds is 4. The molecular weight excluding hydrogens is 286 g/mol. The molecule has 1 atom stereocenters. The smallest absolute Gasteiger partial charge is 0.161 e. The molecule has 1 unspecified atom stereocenters. The summed E-state index contributed by atoms with van der Waals surface area (Å²) in [6.07, 6.45) is 2.44. The van der Waals surface area contributed by atoms with E-state index in [1.54, 1.807) is 0 Å². The highest BCUT2D eigenvalue weighted by Gasteiger charge is 2.26. The van der Waals surface area contributed by atoms with E-state index in [-0.39, 0.29) is 0 Å². The van der Waals surface area contributed by atoms with Gasteiger partial charge in [0.1, 0.15) is 5.82 Å². The minimum Gasteiger partial charge on any atom is -0.383 e. The molecular formula is C18H25N5. The van der Waals surface area contributed by atoms with Gasteiger partial charge >= 0.3 is 0 Å². The Balaban J connectivity index is 1.90. The van der Waals surface area contributed by atoms with Crippen LogP contribution in [0.5, 0.6) is 0 Å². The molecule has 0 bridgehead atoms. The molecule has 122 valence electrons. The Morgan fingerprint density at radius 3 is 2.61 bits per heavy atom. The first-order chi connectivity index (χ1) is 11.1. The van der Waals surface area contributed by atoms with Crippen LogP contribution < -0.4 is 5.73 Å². The van der Waals surface area contributed by atoms with E-state index < -0.39 is 0 Å². The van der Waals surface area contributed by atoms with Crippen LogP contribution in [0.1, 0.15) is 24.6 Å². The van der Waals surface area contributed by atoms with Crippen LogP contribution in [-0.2, 0) is 13.0 Å².